The van der Waals surface area contributed by atoms with Gasteiger partial charge in [0.25, 0.3) is 0 Å². The molecule has 0 aromatic heterocycles. The third-order valence-corrected chi connectivity index (χ3v) is 8.20. The van der Waals surface area contributed by atoms with Gasteiger partial charge in [-0.15, -0.1) is 0 Å². The Bertz CT molecular complexity index is 1210. The smallest absolute Gasteiger partial charge is 0.244 e. The molecular formula is C25H32ClN3O6S. The zero-order chi connectivity index (χ0) is 26.5. The summed E-state index contributed by atoms with van der Waals surface area (Å²) in [5.41, 5.74) is 0.910. The molecule has 2 aromatic rings. The van der Waals surface area contributed by atoms with Gasteiger partial charge in [0, 0.05) is 23.7 Å². The van der Waals surface area contributed by atoms with Crippen molar-refractivity contribution in [1.82, 2.24) is 10.2 Å². The number of hydrogen-bond donors (Lipinski definition) is 1. The van der Waals surface area contributed by atoms with Gasteiger partial charge < -0.3 is 19.7 Å². The molecule has 9 nitrogen and oxygen atoms in total. The summed E-state index contributed by atoms with van der Waals surface area (Å²) in [7, 11) is -3.85. The van der Waals surface area contributed by atoms with Gasteiger partial charge in [0.05, 0.1) is 11.4 Å². The molecule has 196 valence electrons. The summed E-state index contributed by atoms with van der Waals surface area (Å²) < 4.78 is 37.8. The van der Waals surface area contributed by atoms with Crippen LogP contribution in [0, 0.1) is 0 Å². The summed E-state index contributed by atoms with van der Waals surface area (Å²) in [5, 5.41) is 3.33. The summed E-state index contributed by atoms with van der Waals surface area (Å²) in [5.74, 6) is -0.210. The number of anilines is 1. The van der Waals surface area contributed by atoms with Crippen LogP contribution >= 0.6 is 11.6 Å². The number of ether oxygens (including phenoxy) is 2. The second kappa shape index (κ2) is 11.8. The van der Waals surface area contributed by atoms with Gasteiger partial charge >= 0.3 is 0 Å². The Kier molecular flexibility index (Phi) is 9.08. The molecule has 0 saturated carbocycles. The molecule has 0 bridgehead atoms. The molecule has 0 fully saturated rings. The van der Waals surface area contributed by atoms with E-state index in [0.717, 1.165) is 10.7 Å². The minimum atomic E-state index is -3.85. The molecule has 3 rings (SSSR count). The first-order chi connectivity index (χ1) is 17.1. The van der Waals surface area contributed by atoms with Crippen LogP contribution in [-0.2, 0) is 26.2 Å². The second-order valence-electron chi connectivity index (χ2n) is 8.55. The van der Waals surface area contributed by atoms with E-state index in [-0.39, 0.29) is 36.7 Å². The fourth-order valence-corrected chi connectivity index (χ4v) is 4.87. The van der Waals surface area contributed by atoms with E-state index >= 15 is 0 Å². The van der Waals surface area contributed by atoms with Gasteiger partial charge in [-0.3, -0.25) is 13.9 Å². The van der Waals surface area contributed by atoms with Crippen LogP contribution in [0.1, 0.15) is 39.7 Å². The number of hydrogen-bond acceptors (Lipinski definition) is 6. The van der Waals surface area contributed by atoms with Gasteiger partial charge in [-0.25, -0.2) is 8.42 Å². The first-order valence-corrected chi connectivity index (χ1v) is 13.8. The van der Waals surface area contributed by atoms with E-state index in [1.807, 2.05) is 13.8 Å². The molecule has 1 heterocycles. The van der Waals surface area contributed by atoms with Crippen molar-refractivity contribution in [3.05, 3.63) is 53.1 Å². The maximum Gasteiger partial charge on any atom is 0.244 e. The minimum absolute atomic E-state index is 0.0344. The van der Waals surface area contributed by atoms with Crippen LogP contribution < -0.4 is 19.1 Å². The molecule has 1 N–H and O–H groups in total. The van der Waals surface area contributed by atoms with Crippen molar-refractivity contribution in [2.24, 2.45) is 0 Å². The van der Waals surface area contributed by atoms with Crippen molar-refractivity contribution in [3.8, 4) is 11.5 Å². The Balaban J connectivity index is 1.95. The van der Waals surface area contributed by atoms with Gasteiger partial charge in [0.1, 0.15) is 12.6 Å². The summed E-state index contributed by atoms with van der Waals surface area (Å²) in [4.78, 5) is 28.0. The molecule has 2 amide bonds. The SMILES string of the molecule is CC[C@H](C)NC(=O)[C@H](C)N(Cc1ccccc1Cl)C(=O)CN(c1ccc2c(c1)OCO2)S(=O)(=O)CC. The molecule has 0 spiro atoms. The Morgan fingerprint density at radius 1 is 1.08 bits per heavy atom. The lowest BCUT2D eigenvalue weighted by molar-refractivity contribution is -0.139. The molecule has 0 aliphatic carbocycles. The number of rotatable bonds is 11. The van der Waals surface area contributed by atoms with Crippen molar-refractivity contribution >= 4 is 39.1 Å². The zero-order valence-corrected chi connectivity index (χ0v) is 22.4. The van der Waals surface area contributed by atoms with E-state index in [2.05, 4.69) is 5.32 Å². The molecular weight excluding hydrogens is 506 g/mol. The van der Waals surface area contributed by atoms with Crippen LogP contribution in [0.15, 0.2) is 42.5 Å². The van der Waals surface area contributed by atoms with Crippen molar-refractivity contribution in [2.75, 3.05) is 23.4 Å². The Morgan fingerprint density at radius 3 is 2.44 bits per heavy atom. The number of nitrogens with zero attached hydrogens (tertiary/aromatic N) is 2. The first kappa shape index (κ1) is 27.6. The van der Waals surface area contributed by atoms with E-state index in [4.69, 9.17) is 21.1 Å². The number of carbonyl (C=O) groups excluding carboxylic acids is 2. The molecule has 0 radical (unpaired) electrons. The van der Waals surface area contributed by atoms with E-state index in [9.17, 15) is 18.0 Å². The van der Waals surface area contributed by atoms with Crippen LogP contribution in [-0.4, -0.2) is 56.3 Å². The number of carbonyl (C=O) groups is 2. The van der Waals surface area contributed by atoms with Gasteiger partial charge in [0.15, 0.2) is 11.5 Å². The van der Waals surface area contributed by atoms with Crippen LogP contribution in [0.25, 0.3) is 0 Å². The fraction of sp³-hybridized carbons (Fsp3) is 0.440. The van der Waals surface area contributed by atoms with E-state index in [1.54, 1.807) is 43.3 Å². The molecule has 11 heteroatoms. The van der Waals surface area contributed by atoms with Gasteiger partial charge in [0.2, 0.25) is 28.6 Å². The number of amides is 2. The number of sulfonamides is 1. The highest BCUT2D eigenvalue weighted by Crippen LogP contribution is 2.36. The highest BCUT2D eigenvalue weighted by Gasteiger charge is 2.32. The number of fused-ring (bicyclic) bond motifs is 1. The Morgan fingerprint density at radius 2 is 1.78 bits per heavy atom. The Labute approximate surface area is 217 Å². The van der Waals surface area contributed by atoms with E-state index in [0.29, 0.717) is 22.1 Å². The van der Waals surface area contributed by atoms with Crippen molar-refractivity contribution < 1.29 is 27.5 Å². The quantitative estimate of drug-likeness (QED) is 0.470. The third-order valence-electron chi connectivity index (χ3n) is 6.09. The molecule has 1 aliphatic heterocycles. The average molecular weight is 538 g/mol. The van der Waals surface area contributed by atoms with Gasteiger partial charge in [-0.05, 0) is 51.0 Å². The molecule has 0 unspecified atom stereocenters. The summed E-state index contributed by atoms with van der Waals surface area (Å²) in [6.45, 7) is 6.51. The maximum atomic E-state index is 13.7. The van der Waals surface area contributed by atoms with Crippen molar-refractivity contribution in [3.63, 3.8) is 0 Å². The standard InChI is InChI=1S/C25H32ClN3O6S/c1-5-17(3)27-25(31)18(4)28(14-19-9-7-8-10-21(19)26)24(30)15-29(36(32,33)6-2)20-11-12-22-23(13-20)35-16-34-22/h7-13,17-18H,5-6,14-16H2,1-4H3,(H,27,31)/t17-,18-/m0/s1. The highest BCUT2D eigenvalue weighted by molar-refractivity contribution is 7.92. The largest absolute Gasteiger partial charge is 0.454 e. The Hall–Kier alpha value is -2.98. The molecule has 36 heavy (non-hydrogen) atoms. The van der Waals surface area contributed by atoms with Gasteiger partial charge in [-0.2, -0.15) is 0 Å². The van der Waals surface area contributed by atoms with E-state index < -0.39 is 28.5 Å². The minimum Gasteiger partial charge on any atom is -0.454 e. The molecule has 2 atom stereocenters. The fourth-order valence-electron chi connectivity index (χ4n) is 3.62. The molecule has 1 aliphatic rings. The van der Waals surface area contributed by atoms with Gasteiger partial charge in [-0.1, -0.05) is 36.7 Å². The average Bonchev–Trinajstić information content (AvgIpc) is 3.34. The highest BCUT2D eigenvalue weighted by atomic mass is 35.5. The van der Waals surface area contributed by atoms with E-state index in [1.165, 1.54) is 17.9 Å². The zero-order valence-electron chi connectivity index (χ0n) is 20.9. The normalized spacial score (nSPS) is 14.1. The summed E-state index contributed by atoms with van der Waals surface area (Å²) >= 11 is 6.34. The molecule has 2 aromatic carbocycles. The first-order valence-electron chi connectivity index (χ1n) is 11.8. The molecule has 0 saturated heterocycles. The lowest BCUT2D eigenvalue weighted by Crippen LogP contribution is -2.52. The monoisotopic (exact) mass is 537 g/mol. The summed E-state index contributed by atoms with van der Waals surface area (Å²) in [6, 6.07) is 10.8. The van der Waals surface area contributed by atoms with Crippen LogP contribution in [0.5, 0.6) is 11.5 Å². The van der Waals surface area contributed by atoms with Crippen LogP contribution in [0.2, 0.25) is 5.02 Å². The van der Waals surface area contributed by atoms with Crippen LogP contribution in [0.4, 0.5) is 5.69 Å². The lowest BCUT2D eigenvalue weighted by atomic mass is 10.1. The topological polar surface area (TPSA) is 105 Å². The summed E-state index contributed by atoms with van der Waals surface area (Å²) in [6.07, 6.45) is 0.726. The van der Waals surface area contributed by atoms with Crippen LogP contribution in [0.3, 0.4) is 0 Å². The second-order valence-corrected chi connectivity index (χ2v) is 11.1. The lowest BCUT2D eigenvalue weighted by Gasteiger charge is -2.32. The van der Waals surface area contributed by atoms with Crippen molar-refractivity contribution in [1.29, 1.82) is 0 Å². The third kappa shape index (κ3) is 6.41. The number of benzene rings is 2. The maximum absolute atomic E-state index is 13.7. The van der Waals surface area contributed by atoms with Crippen molar-refractivity contribution in [2.45, 2.75) is 52.7 Å². The number of halogens is 1. The predicted molar refractivity (Wildman–Crippen MR) is 139 cm³/mol. The number of nitrogens with one attached hydrogen (secondary N) is 1. The predicted octanol–water partition coefficient (Wildman–Crippen LogP) is 3.56.